The summed E-state index contributed by atoms with van der Waals surface area (Å²) in [6.45, 7) is 6.56. The molecule has 0 bridgehead atoms. The molecule has 0 radical (unpaired) electrons. The number of nitrogens with two attached hydrogens (primary N) is 1. The fraction of sp³-hybridized carbons (Fsp3) is 0.400. The number of rotatable bonds is 8. The summed E-state index contributed by atoms with van der Waals surface area (Å²) in [6.07, 6.45) is 0.498. The van der Waals surface area contributed by atoms with E-state index >= 15 is 0 Å². The first-order valence-electron chi connectivity index (χ1n) is 6.81. The van der Waals surface area contributed by atoms with E-state index < -0.39 is 9.84 Å². The van der Waals surface area contributed by atoms with Crippen LogP contribution in [0.1, 0.15) is 18.9 Å². The normalized spacial score (nSPS) is 11.6. The number of hydrogen-bond donors (Lipinski definition) is 2. The van der Waals surface area contributed by atoms with E-state index in [1.165, 1.54) is 0 Å². The molecule has 124 valence electrons. The molecular formula is C15H24IN3O2S. The molecule has 0 saturated heterocycles. The van der Waals surface area contributed by atoms with Crippen LogP contribution in [0.3, 0.4) is 0 Å². The number of halogens is 1. The highest BCUT2D eigenvalue weighted by molar-refractivity contribution is 14.0. The SMILES string of the molecule is C=C(C)CN=C(N)NCCCS(=O)(=O)Cc1ccccc1.I. The molecule has 0 fully saturated rings. The van der Waals surface area contributed by atoms with Gasteiger partial charge in [-0.25, -0.2) is 13.4 Å². The van der Waals surface area contributed by atoms with E-state index in [-0.39, 0.29) is 35.5 Å². The van der Waals surface area contributed by atoms with Gasteiger partial charge in [0.05, 0.1) is 18.1 Å². The molecule has 0 aliphatic carbocycles. The maximum absolute atomic E-state index is 12.0. The Balaban J connectivity index is 0.00000441. The van der Waals surface area contributed by atoms with Crippen molar-refractivity contribution in [1.82, 2.24) is 5.32 Å². The lowest BCUT2D eigenvalue weighted by Crippen LogP contribution is -2.33. The van der Waals surface area contributed by atoms with Crippen LogP contribution in [-0.2, 0) is 15.6 Å². The molecule has 7 heteroatoms. The molecule has 3 N–H and O–H groups in total. The van der Waals surface area contributed by atoms with Gasteiger partial charge in [0.15, 0.2) is 15.8 Å². The summed E-state index contributed by atoms with van der Waals surface area (Å²) >= 11 is 0. The third-order valence-electron chi connectivity index (χ3n) is 2.69. The second kappa shape index (κ2) is 10.6. The van der Waals surface area contributed by atoms with Crippen LogP contribution in [0.2, 0.25) is 0 Å². The Bertz CT molecular complexity index is 586. The molecule has 0 spiro atoms. The average molecular weight is 437 g/mol. The van der Waals surface area contributed by atoms with Crippen molar-refractivity contribution in [1.29, 1.82) is 0 Å². The summed E-state index contributed by atoms with van der Waals surface area (Å²) in [5, 5.41) is 2.90. The Morgan fingerprint density at radius 3 is 2.55 bits per heavy atom. The summed E-state index contributed by atoms with van der Waals surface area (Å²) in [6, 6.07) is 9.18. The van der Waals surface area contributed by atoms with E-state index in [1.807, 2.05) is 37.3 Å². The second-order valence-corrected chi connectivity index (χ2v) is 7.20. The van der Waals surface area contributed by atoms with Crippen molar-refractivity contribution in [3.8, 4) is 0 Å². The summed E-state index contributed by atoms with van der Waals surface area (Å²) in [7, 11) is -3.09. The molecule has 0 aliphatic heterocycles. The summed E-state index contributed by atoms with van der Waals surface area (Å²) < 4.78 is 23.9. The van der Waals surface area contributed by atoms with Gasteiger partial charge in [0.25, 0.3) is 0 Å². The van der Waals surface area contributed by atoms with Gasteiger partial charge < -0.3 is 11.1 Å². The van der Waals surface area contributed by atoms with Crippen LogP contribution >= 0.6 is 24.0 Å². The molecule has 0 aromatic heterocycles. The topological polar surface area (TPSA) is 84.5 Å². The van der Waals surface area contributed by atoms with Crippen molar-refractivity contribution < 1.29 is 8.42 Å². The zero-order chi connectivity index (χ0) is 15.7. The highest BCUT2D eigenvalue weighted by atomic mass is 127. The lowest BCUT2D eigenvalue weighted by Gasteiger charge is -2.07. The van der Waals surface area contributed by atoms with Crippen LogP contribution in [0.4, 0.5) is 0 Å². The van der Waals surface area contributed by atoms with E-state index in [0.29, 0.717) is 25.5 Å². The molecule has 0 saturated carbocycles. The number of benzene rings is 1. The lowest BCUT2D eigenvalue weighted by molar-refractivity contribution is 0.592. The maximum Gasteiger partial charge on any atom is 0.188 e. The first-order chi connectivity index (χ1) is 9.89. The number of guanidine groups is 1. The molecule has 1 rings (SSSR count). The van der Waals surface area contributed by atoms with Gasteiger partial charge in [0.2, 0.25) is 0 Å². The number of sulfone groups is 1. The van der Waals surface area contributed by atoms with Crippen molar-refractivity contribution >= 4 is 39.8 Å². The molecule has 0 unspecified atom stereocenters. The minimum atomic E-state index is -3.09. The molecule has 0 atom stereocenters. The Hall–Kier alpha value is -1.09. The van der Waals surface area contributed by atoms with Crippen LogP contribution in [0, 0.1) is 0 Å². The van der Waals surface area contributed by atoms with Crippen molar-refractivity contribution in [3.63, 3.8) is 0 Å². The van der Waals surface area contributed by atoms with E-state index in [4.69, 9.17) is 5.73 Å². The number of nitrogens with zero attached hydrogens (tertiary/aromatic N) is 1. The van der Waals surface area contributed by atoms with E-state index in [2.05, 4.69) is 16.9 Å². The minimum Gasteiger partial charge on any atom is -0.370 e. The zero-order valence-corrected chi connectivity index (χ0v) is 15.9. The van der Waals surface area contributed by atoms with Gasteiger partial charge in [-0.05, 0) is 18.9 Å². The van der Waals surface area contributed by atoms with E-state index in [0.717, 1.165) is 11.1 Å². The summed E-state index contributed by atoms with van der Waals surface area (Å²) in [5.74, 6) is 0.522. The first kappa shape index (κ1) is 20.9. The first-order valence-corrected chi connectivity index (χ1v) is 8.64. The second-order valence-electron chi connectivity index (χ2n) is 5.02. The van der Waals surface area contributed by atoms with Gasteiger partial charge >= 0.3 is 0 Å². The van der Waals surface area contributed by atoms with Crippen LogP contribution in [0.15, 0.2) is 47.5 Å². The number of nitrogens with one attached hydrogen (secondary N) is 1. The zero-order valence-electron chi connectivity index (χ0n) is 12.8. The third-order valence-corrected chi connectivity index (χ3v) is 4.37. The Morgan fingerprint density at radius 2 is 1.95 bits per heavy atom. The molecule has 5 nitrogen and oxygen atoms in total. The van der Waals surface area contributed by atoms with E-state index in [9.17, 15) is 8.42 Å². The predicted octanol–water partition coefficient (Wildman–Crippen LogP) is 2.09. The Labute approximate surface area is 150 Å². The van der Waals surface area contributed by atoms with Gasteiger partial charge in [0.1, 0.15) is 0 Å². The van der Waals surface area contributed by atoms with Gasteiger partial charge in [-0.1, -0.05) is 42.5 Å². The smallest absolute Gasteiger partial charge is 0.188 e. The average Bonchev–Trinajstić information content (AvgIpc) is 2.42. The monoisotopic (exact) mass is 437 g/mol. The maximum atomic E-state index is 12.0. The van der Waals surface area contributed by atoms with Crippen molar-refractivity contribution in [2.75, 3.05) is 18.8 Å². The standard InChI is InChI=1S/C15H23N3O2S.HI/c1-13(2)11-18-15(16)17-9-6-10-21(19,20)12-14-7-4-3-5-8-14;/h3-5,7-8H,1,6,9-12H2,2H3,(H3,16,17,18);1H. The van der Waals surface area contributed by atoms with E-state index in [1.54, 1.807) is 0 Å². The van der Waals surface area contributed by atoms with Crippen LogP contribution in [0.5, 0.6) is 0 Å². The van der Waals surface area contributed by atoms with Gasteiger partial charge in [-0.2, -0.15) is 0 Å². The van der Waals surface area contributed by atoms with Crippen molar-refractivity contribution in [2.45, 2.75) is 19.1 Å². The highest BCUT2D eigenvalue weighted by Crippen LogP contribution is 2.06. The van der Waals surface area contributed by atoms with Crippen molar-refractivity contribution in [2.24, 2.45) is 10.7 Å². The molecule has 0 aliphatic rings. The third kappa shape index (κ3) is 9.78. The van der Waals surface area contributed by atoms with Crippen LogP contribution < -0.4 is 11.1 Å². The van der Waals surface area contributed by atoms with Gasteiger partial charge in [-0.15, -0.1) is 24.0 Å². The molecule has 1 aromatic rings. The molecule has 0 amide bonds. The van der Waals surface area contributed by atoms with Gasteiger partial charge in [-0.3, -0.25) is 0 Å². The fourth-order valence-electron chi connectivity index (χ4n) is 1.68. The van der Waals surface area contributed by atoms with Crippen LogP contribution in [-0.4, -0.2) is 33.2 Å². The van der Waals surface area contributed by atoms with Crippen LogP contribution in [0.25, 0.3) is 0 Å². The Morgan fingerprint density at radius 1 is 1.32 bits per heavy atom. The summed E-state index contributed by atoms with van der Waals surface area (Å²) in [4.78, 5) is 4.06. The highest BCUT2D eigenvalue weighted by Gasteiger charge is 2.11. The molecule has 22 heavy (non-hydrogen) atoms. The molecular weight excluding hydrogens is 413 g/mol. The number of aliphatic imine (C=N–C) groups is 1. The quantitative estimate of drug-likeness (QED) is 0.215. The van der Waals surface area contributed by atoms with Gasteiger partial charge in [0, 0.05) is 6.54 Å². The lowest BCUT2D eigenvalue weighted by atomic mass is 10.2. The molecule has 1 aromatic carbocycles. The largest absolute Gasteiger partial charge is 0.370 e. The fourth-order valence-corrected chi connectivity index (χ4v) is 3.11. The predicted molar refractivity (Wildman–Crippen MR) is 103 cm³/mol. The molecule has 0 heterocycles. The minimum absolute atomic E-state index is 0. The van der Waals surface area contributed by atoms with Crippen molar-refractivity contribution in [3.05, 3.63) is 48.0 Å². The number of hydrogen-bond acceptors (Lipinski definition) is 3. The Kier molecular flexibility index (Phi) is 10.1. The summed E-state index contributed by atoms with van der Waals surface area (Å²) in [5.41, 5.74) is 7.38.